The summed E-state index contributed by atoms with van der Waals surface area (Å²) in [6.07, 6.45) is 13.7. The van der Waals surface area contributed by atoms with Gasteiger partial charge in [-0.3, -0.25) is 0 Å². The van der Waals surface area contributed by atoms with Gasteiger partial charge in [0, 0.05) is 0 Å². The molecule has 0 aromatic heterocycles. The first-order chi connectivity index (χ1) is 9.29. The molecule has 0 saturated heterocycles. The maximum atomic E-state index is 6.02. The number of nitrogens with one attached hydrogen (secondary N) is 1. The Hall–Kier alpha value is -0.500. The number of hydrogen-bond acceptors (Lipinski definition) is 2. The van der Waals surface area contributed by atoms with E-state index < -0.39 is 0 Å². The number of likely N-dealkylation sites (N-methyl/N-ethyl adjacent to an activating group) is 1. The Kier molecular flexibility index (Phi) is 2.91. The molecule has 4 bridgehead atoms. The van der Waals surface area contributed by atoms with E-state index >= 15 is 0 Å². The van der Waals surface area contributed by atoms with Crippen molar-refractivity contribution in [2.75, 3.05) is 13.7 Å². The van der Waals surface area contributed by atoms with E-state index in [-0.39, 0.29) is 0 Å². The third-order valence-electron chi connectivity index (χ3n) is 6.23. The molecule has 2 heteroatoms. The van der Waals surface area contributed by atoms with Crippen LogP contribution in [-0.2, 0) is 4.74 Å². The monoisotopic (exact) mass is 261 g/mol. The summed E-state index contributed by atoms with van der Waals surface area (Å²) in [5.41, 5.74) is 0.521. The second kappa shape index (κ2) is 4.51. The topological polar surface area (TPSA) is 21.3 Å². The lowest BCUT2D eigenvalue weighted by atomic mass is 9.47. The van der Waals surface area contributed by atoms with Gasteiger partial charge in [-0.2, -0.15) is 0 Å². The number of ether oxygens (including phenoxy) is 1. The molecule has 106 valence electrons. The fourth-order valence-corrected chi connectivity index (χ4v) is 6.06. The van der Waals surface area contributed by atoms with Crippen LogP contribution in [0.25, 0.3) is 0 Å². The molecule has 0 radical (unpaired) electrons. The predicted molar refractivity (Wildman–Crippen MR) is 76.7 cm³/mol. The summed E-state index contributed by atoms with van der Waals surface area (Å²) in [4.78, 5) is 0. The molecule has 0 aromatic rings. The standard InChI is InChI=1S/C17H27NO/c1-18-16(15-4-2-3-5-19-15)17-9-12-6-13(10-17)8-14(7-12)11-17/h4,12-14,16,18H,2-3,5-11H2,1H3. The van der Waals surface area contributed by atoms with E-state index in [2.05, 4.69) is 18.4 Å². The largest absolute Gasteiger partial charge is 0.497 e. The minimum atomic E-state index is 0.487. The fourth-order valence-electron chi connectivity index (χ4n) is 6.06. The first-order valence-corrected chi connectivity index (χ1v) is 8.29. The summed E-state index contributed by atoms with van der Waals surface area (Å²) in [7, 11) is 2.14. The number of rotatable bonds is 3. The van der Waals surface area contributed by atoms with Crippen LogP contribution in [0.15, 0.2) is 11.8 Å². The molecule has 1 atom stereocenters. The van der Waals surface area contributed by atoms with Crippen molar-refractivity contribution >= 4 is 0 Å². The molecule has 1 aliphatic heterocycles. The van der Waals surface area contributed by atoms with Gasteiger partial charge in [-0.15, -0.1) is 0 Å². The Bertz CT molecular complexity index is 351. The lowest BCUT2D eigenvalue weighted by molar-refractivity contribution is -0.0753. The van der Waals surface area contributed by atoms with Gasteiger partial charge in [0.25, 0.3) is 0 Å². The van der Waals surface area contributed by atoms with Gasteiger partial charge in [-0.05, 0) is 87.7 Å². The minimum absolute atomic E-state index is 0.487. The van der Waals surface area contributed by atoms with Gasteiger partial charge in [-0.1, -0.05) is 0 Å². The summed E-state index contributed by atoms with van der Waals surface area (Å²) >= 11 is 0. The van der Waals surface area contributed by atoms with Crippen molar-refractivity contribution in [1.82, 2.24) is 5.32 Å². The highest BCUT2D eigenvalue weighted by molar-refractivity contribution is 5.16. The molecular weight excluding hydrogens is 234 g/mol. The van der Waals surface area contributed by atoms with E-state index in [9.17, 15) is 0 Å². The van der Waals surface area contributed by atoms with Crippen molar-refractivity contribution in [2.24, 2.45) is 23.2 Å². The van der Waals surface area contributed by atoms with E-state index in [0.717, 1.165) is 24.4 Å². The molecule has 4 fully saturated rings. The Morgan fingerprint density at radius 1 is 1.16 bits per heavy atom. The average Bonchev–Trinajstić information content (AvgIpc) is 2.38. The van der Waals surface area contributed by atoms with Gasteiger partial charge in [0.05, 0.1) is 12.6 Å². The smallest absolute Gasteiger partial charge is 0.109 e. The van der Waals surface area contributed by atoms with Gasteiger partial charge in [0.2, 0.25) is 0 Å². The van der Waals surface area contributed by atoms with Gasteiger partial charge in [0.1, 0.15) is 5.76 Å². The second-order valence-electron chi connectivity index (χ2n) is 7.60. The van der Waals surface area contributed by atoms with Crippen LogP contribution in [0, 0.1) is 23.2 Å². The van der Waals surface area contributed by atoms with E-state index in [0.29, 0.717) is 11.5 Å². The Morgan fingerprint density at radius 2 is 1.79 bits per heavy atom. The van der Waals surface area contributed by atoms with E-state index in [4.69, 9.17) is 4.74 Å². The highest BCUT2D eigenvalue weighted by Crippen LogP contribution is 2.62. The summed E-state index contributed by atoms with van der Waals surface area (Å²) in [5.74, 6) is 4.33. The summed E-state index contributed by atoms with van der Waals surface area (Å²) in [6, 6.07) is 0.487. The van der Waals surface area contributed by atoms with Crippen LogP contribution in [0.4, 0.5) is 0 Å². The first kappa shape index (κ1) is 12.3. The molecule has 2 nitrogen and oxygen atoms in total. The Labute approximate surface area is 117 Å². The minimum Gasteiger partial charge on any atom is -0.497 e. The summed E-state index contributed by atoms with van der Waals surface area (Å²) in [5, 5.41) is 3.64. The van der Waals surface area contributed by atoms with Crippen molar-refractivity contribution in [3.63, 3.8) is 0 Å². The molecule has 0 amide bonds. The lowest BCUT2D eigenvalue weighted by Crippen LogP contribution is -2.56. The zero-order chi connectivity index (χ0) is 12.9. The fraction of sp³-hybridized carbons (Fsp3) is 0.882. The Morgan fingerprint density at radius 3 is 2.26 bits per heavy atom. The van der Waals surface area contributed by atoms with Crippen molar-refractivity contribution < 1.29 is 4.74 Å². The SMILES string of the molecule is CNC(C1=CCCCO1)C12CC3CC(CC(C3)C1)C2. The maximum Gasteiger partial charge on any atom is 0.109 e. The van der Waals surface area contributed by atoms with Gasteiger partial charge in [-0.25, -0.2) is 0 Å². The molecule has 4 aliphatic carbocycles. The van der Waals surface area contributed by atoms with Crippen molar-refractivity contribution in [3.8, 4) is 0 Å². The van der Waals surface area contributed by atoms with E-state index in [1.54, 1.807) is 0 Å². The van der Waals surface area contributed by atoms with Crippen molar-refractivity contribution in [3.05, 3.63) is 11.8 Å². The zero-order valence-electron chi connectivity index (χ0n) is 12.2. The lowest BCUT2D eigenvalue weighted by Gasteiger charge is -2.59. The molecule has 19 heavy (non-hydrogen) atoms. The van der Waals surface area contributed by atoms with E-state index in [1.165, 1.54) is 57.1 Å². The molecule has 4 saturated carbocycles. The van der Waals surface area contributed by atoms with Crippen LogP contribution >= 0.6 is 0 Å². The molecular formula is C17H27NO. The highest BCUT2D eigenvalue weighted by Gasteiger charge is 2.55. The normalized spacial score (nSPS) is 45.7. The van der Waals surface area contributed by atoms with E-state index in [1.807, 2.05) is 0 Å². The van der Waals surface area contributed by atoms with Crippen molar-refractivity contribution in [1.29, 1.82) is 0 Å². The van der Waals surface area contributed by atoms with Crippen LogP contribution < -0.4 is 5.32 Å². The van der Waals surface area contributed by atoms with Crippen LogP contribution in [0.3, 0.4) is 0 Å². The van der Waals surface area contributed by atoms with Crippen molar-refractivity contribution in [2.45, 2.75) is 57.4 Å². The van der Waals surface area contributed by atoms with Crippen LogP contribution in [0.2, 0.25) is 0 Å². The number of hydrogen-bond donors (Lipinski definition) is 1. The van der Waals surface area contributed by atoms with Gasteiger partial charge in [0.15, 0.2) is 0 Å². The molecule has 5 aliphatic rings. The molecule has 1 heterocycles. The average molecular weight is 261 g/mol. The molecule has 1 N–H and O–H groups in total. The van der Waals surface area contributed by atoms with Crippen LogP contribution in [0.5, 0.6) is 0 Å². The van der Waals surface area contributed by atoms with Crippen LogP contribution in [0.1, 0.15) is 51.4 Å². The molecule has 1 unspecified atom stereocenters. The quantitative estimate of drug-likeness (QED) is 0.839. The van der Waals surface area contributed by atoms with Crippen LogP contribution in [-0.4, -0.2) is 19.7 Å². The molecule has 0 aromatic carbocycles. The molecule has 0 spiro atoms. The van der Waals surface area contributed by atoms with Gasteiger partial charge >= 0.3 is 0 Å². The second-order valence-corrected chi connectivity index (χ2v) is 7.60. The van der Waals surface area contributed by atoms with Gasteiger partial charge < -0.3 is 10.1 Å². The maximum absolute atomic E-state index is 6.02. The first-order valence-electron chi connectivity index (χ1n) is 8.29. The third kappa shape index (κ3) is 1.94. The predicted octanol–water partition coefficient (Wildman–Crippen LogP) is 3.49. The zero-order valence-corrected chi connectivity index (χ0v) is 12.2. The number of allylic oxidation sites excluding steroid dienone is 1. The third-order valence-corrected chi connectivity index (χ3v) is 6.23. The summed E-state index contributed by atoms with van der Waals surface area (Å²) < 4.78 is 6.02. The highest BCUT2D eigenvalue weighted by atomic mass is 16.5. The molecule has 5 rings (SSSR count). The Balaban J connectivity index is 1.63. The summed E-state index contributed by atoms with van der Waals surface area (Å²) in [6.45, 7) is 0.927.